The van der Waals surface area contributed by atoms with E-state index in [0.717, 1.165) is 0 Å². The van der Waals surface area contributed by atoms with Gasteiger partial charge in [0, 0.05) is 5.56 Å². The van der Waals surface area contributed by atoms with Gasteiger partial charge in [0.05, 0.1) is 15.6 Å². The molecule has 0 aliphatic heterocycles. The third kappa shape index (κ3) is 2.57. The van der Waals surface area contributed by atoms with Gasteiger partial charge < -0.3 is 21.7 Å². The minimum Gasteiger partial charge on any atom is -0.383 e. The Kier molecular flexibility index (Phi) is 3.77. The zero-order chi connectivity index (χ0) is 14.2. The third-order valence-electron chi connectivity index (χ3n) is 2.45. The highest BCUT2D eigenvalue weighted by Crippen LogP contribution is 2.38. The summed E-state index contributed by atoms with van der Waals surface area (Å²) in [5, 5.41) is 19.2. The van der Waals surface area contributed by atoms with E-state index >= 15 is 0 Å². The predicted octanol–water partition coefficient (Wildman–Crippen LogP) is 1.60. The molecule has 0 saturated carbocycles. The van der Waals surface area contributed by atoms with Crippen molar-refractivity contribution in [2.75, 3.05) is 11.5 Å². The summed E-state index contributed by atoms with van der Waals surface area (Å²) >= 11 is 12.0. The molecule has 0 spiro atoms. The van der Waals surface area contributed by atoms with E-state index in [1.165, 1.54) is 0 Å². The lowest BCUT2D eigenvalue weighted by Crippen LogP contribution is -2.10. The van der Waals surface area contributed by atoms with Crippen molar-refractivity contribution in [2.24, 2.45) is 0 Å². The van der Waals surface area contributed by atoms with E-state index in [-0.39, 0.29) is 28.0 Å². The smallest absolute Gasteiger partial charge is 0.222 e. The monoisotopic (exact) mass is 300 g/mol. The first-order valence-corrected chi connectivity index (χ1v) is 5.90. The Morgan fingerprint density at radius 1 is 1.11 bits per heavy atom. The Morgan fingerprint density at radius 2 is 1.79 bits per heavy atom. The van der Waals surface area contributed by atoms with Crippen LogP contribution in [0.25, 0.3) is 11.1 Å². The van der Waals surface area contributed by atoms with Crippen LogP contribution in [0.4, 0.5) is 11.8 Å². The molecule has 1 aromatic heterocycles. The Hall–Kier alpha value is -1.60. The topological polar surface area (TPSA) is 118 Å². The zero-order valence-electron chi connectivity index (χ0n) is 9.51. The fourth-order valence-corrected chi connectivity index (χ4v) is 2.07. The largest absolute Gasteiger partial charge is 0.383 e. The molecule has 6 N–H and O–H groups in total. The predicted molar refractivity (Wildman–Crippen MR) is 73.5 cm³/mol. The van der Waals surface area contributed by atoms with E-state index < -0.39 is 6.29 Å². The van der Waals surface area contributed by atoms with Crippen LogP contribution in [0, 0.1) is 0 Å². The van der Waals surface area contributed by atoms with Gasteiger partial charge in [0.1, 0.15) is 11.5 Å². The standard InChI is InChI=1S/C11H10Cl2N4O2/c12-5-3-1-2-4(7(5)13)6-8(10(18)19)16-11(15)17-9(6)14/h1-3,10,18-19H,(H4,14,15,16,17). The SMILES string of the molecule is Nc1nc(N)c(-c2cccc(Cl)c2Cl)c(C(O)O)n1. The zero-order valence-corrected chi connectivity index (χ0v) is 11.0. The normalized spacial score (nSPS) is 11.0. The van der Waals surface area contributed by atoms with E-state index in [9.17, 15) is 10.2 Å². The number of halogens is 2. The van der Waals surface area contributed by atoms with E-state index in [2.05, 4.69) is 9.97 Å². The highest BCUT2D eigenvalue weighted by Gasteiger charge is 2.21. The molecule has 0 aliphatic carbocycles. The van der Waals surface area contributed by atoms with Crippen molar-refractivity contribution in [3.63, 3.8) is 0 Å². The maximum atomic E-state index is 9.35. The summed E-state index contributed by atoms with van der Waals surface area (Å²) in [6.07, 6.45) is -1.86. The number of aliphatic hydroxyl groups is 2. The average molecular weight is 301 g/mol. The Labute approximate surface area is 118 Å². The average Bonchev–Trinajstić information content (AvgIpc) is 2.32. The van der Waals surface area contributed by atoms with Crippen molar-refractivity contribution in [3.05, 3.63) is 33.9 Å². The highest BCUT2D eigenvalue weighted by molar-refractivity contribution is 6.43. The maximum Gasteiger partial charge on any atom is 0.222 e. The molecule has 0 unspecified atom stereocenters. The molecular weight excluding hydrogens is 291 g/mol. The van der Waals surface area contributed by atoms with Crippen LogP contribution >= 0.6 is 23.2 Å². The Morgan fingerprint density at radius 3 is 2.42 bits per heavy atom. The van der Waals surface area contributed by atoms with Gasteiger partial charge >= 0.3 is 0 Å². The summed E-state index contributed by atoms with van der Waals surface area (Å²) in [5.74, 6) is -0.178. The van der Waals surface area contributed by atoms with Crippen molar-refractivity contribution in [1.29, 1.82) is 0 Å². The van der Waals surface area contributed by atoms with Gasteiger partial charge in [-0.3, -0.25) is 0 Å². The number of aliphatic hydroxyl groups excluding tert-OH is 1. The number of hydrogen-bond acceptors (Lipinski definition) is 6. The van der Waals surface area contributed by atoms with Gasteiger partial charge in [0.25, 0.3) is 0 Å². The molecule has 0 saturated heterocycles. The third-order valence-corrected chi connectivity index (χ3v) is 3.27. The molecule has 1 heterocycles. The first kappa shape index (κ1) is 13.8. The van der Waals surface area contributed by atoms with Gasteiger partial charge in [-0.2, -0.15) is 4.98 Å². The molecule has 2 rings (SSSR count). The molecule has 1 aromatic carbocycles. The molecule has 2 aromatic rings. The molecule has 0 radical (unpaired) electrons. The molecule has 0 aliphatic rings. The number of benzene rings is 1. The van der Waals surface area contributed by atoms with E-state index in [1.54, 1.807) is 18.2 Å². The van der Waals surface area contributed by atoms with Gasteiger partial charge in [-0.15, -0.1) is 0 Å². The highest BCUT2D eigenvalue weighted by atomic mass is 35.5. The second-order valence-electron chi connectivity index (χ2n) is 3.70. The molecule has 0 fully saturated rings. The lowest BCUT2D eigenvalue weighted by Gasteiger charge is -2.14. The molecule has 0 atom stereocenters. The van der Waals surface area contributed by atoms with E-state index in [0.29, 0.717) is 10.6 Å². The van der Waals surface area contributed by atoms with Crippen molar-refractivity contribution >= 4 is 35.0 Å². The van der Waals surface area contributed by atoms with Crippen molar-refractivity contribution < 1.29 is 10.2 Å². The van der Waals surface area contributed by atoms with Crippen LogP contribution in [0.5, 0.6) is 0 Å². The van der Waals surface area contributed by atoms with Crippen molar-refractivity contribution in [2.45, 2.75) is 6.29 Å². The van der Waals surface area contributed by atoms with Crippen molar-refractivity contribution in [1.82, 2.24) is 9.97 Å². The number of nitrogen functional groups attached to an aromatic ring is 2. The summed E-state index contributed by atoms with van der Waals surface area (Å²) in [5.41, 5.74) is 11.6. The minimum atomic E-state index is -1.86. The van der Waals surface area contributed by atoms with Gasteiger partial charge in [0.2, 0.25) is 5.95 Å². The Balaban J connectivity index is 2.78. The summed E-state index contributed by atoms with van der Waals surface area (Å²) < 4.78 is 0. The second kappa shape index (κ2) is 5.18. The molecule has 6 nitrogen and oxygen atoms in total. The minimum absolute atomic E-state index is 0.0141. The van der Waals surface area contributed by atoms with Gasteiger partial charge in [0.15, 0.2) is 6.29 Å². The van der Waals surface area contributed by atoms with Gasteiger partial charge in [-0.1, -0.05) is 35.3 Å². The molecule has 8 heteroatoms. The lowest BCUT2D eigenvalue weighted by molar-refractivity contribution is -0.0452. The van der Waals surface area contributed by atoms with Crippen LogP contribution in [0.1, 0.15) is 12.0 Å². The fourth-order valence-electron chi connectivity index (χ4n) is 1.67. The second-order valence-corrected chi connectivity index (χ2v) is 4.49. The number of nitrogens with two attached hydrogens (primary N) is 2. The number of rotatable bonds is 2. The number of nitrogens with zero attached hydrogens (tertiary/aromatic N) is 2. The van der Waals surface area contributed by atoms with Crippen LogP contribution in [0.15, 0.2) is 18.2 Å². The van der Waals surface area contributed by atoms with Crippen LogP contribution in [0.2, 0.25) is 10.0 Å². The number of aromatic nitrogens is 2. The van der Waals surface area contributed by atoms with E-state index in [4.69, 9.17) is 34.7 Å². The van der Waals surface area contributed by atoms with E-state index in [1.807, 2.05) is 0 Å². The van der Waals surface area contributed by atoms with Crippen LogP contribution in [-0.2, 0) is 0 Å². The molecule has 0 bridgehead atoms. The Bertz CT molecular complexity index is 634. The quantitative estimate of drug-likeness (QED) is 0.626. The summed E-state index contributed by atoms with van der Waals surface area (Å²) in [6.45, 7) is 0. The summed E-state index contributed by atoms with van der Waals surface area (Å²) in [6, 6.07) is 4.86. The molecule has 19 heavy (non-hydrogen) atoms. The summed E-state index contributed by atoms with van der Waals surface area (Å²) in [7, 11) is 0. The van der Waals surface area contributed by atoms with Crippen LogP contribution in [-0.4, -0.2) is 20.2 Å². The fraction of sp³-hybridized carbons (Fsp3) is 0.0909. The number of hydrogen-bond donors (Lipinski definition) is 4. The van der Waals surface area contributed by atoms with Crippen LogP contribution < -0.4 is 11.5 Å². The molecular formula is C11H10Cl2N4O2. The van der Waals surface area contributed by atoms with Gasteiger partial charge in [-0.25, -0.2) is 4.98 Å². The van der Waals surface area contributed by atoms with Gasteiger partial charge in [-0.05, 0) is 6.07 Å². The first-order chi connectivity index (χ1) is 8.91. The maximum absolute atomic E-state index is 9.35. The van der Waals surface area contributed by atoms with Crippen molar-refractivity contribution in [3.8, 4) is 11.1 Å². The molecule has 0 amide bonds. The molecule has 100 valence electrons. The lowest BCUT2D eigenvalue weighted by atomic mass is 10.0. The number of anilines is 2. The first-order valence-electron chi connectivity index (χ1n) is 5.15. The summed E-state index contributed by atoms with van der Waals surface area (Å²) in [4.78, 5) is 7.55. The van der Waals surface area contributed by atoms with Crippen LogP contribution in [0.3, 0.4) is 0 Å².